The van der Waals surface area contributed by atoms with E-state index in [4.69, 9.17) is 0 Å². The number of nitrogens with one attached hydrogen (secondary N) is 1. The lowest BCUT2D eigenvalue weighted by atomic mass is 10.1. The second kappa shape index (κ2) is 5.94. The number of benzene rings is 1. The number of rotatable bonds is 5. The standard InChI is InChI=1S/C15H18F2N2O/c1-10-8-9-11(2)19(10)18-12(3)13-6-4-5-7-14(13)20-15(16)17/h4-9,12,15,18H,1-3H3. The molecule has 0 aliphatic rings. The number of hydrogen-bond donors (Lipinski definition) is 1. The predicted octanol–water partition coefficient (Wildman–Crippen LogP) is 4.01. The van der Waals surface area contributed by atoms with E-state index in [1.165, 1.54) is 0 Å². The Bertz CT molecular complexity index is 562. The van der Waals surface area contributed by atoms with E-state index < -0.39 is 6.61 Å². The highest BCUT2D eigenvalue weighted by Gasteiger charge is 2.15. The van der Waals surface area contributed by atoms with Crippen LogP contribution in [0.2, 0.25) is 0 Å². The molecule has 1 aromatic heterocycles. The topological polar surface area (TPSA) is 26.2 Å². The fraction of sp³-hybridized carbons (Fsp3) is 0.333. The van der Waals surface area contributed by atoms with Crippen molar-refractivity contribution in [3.8, 4) is 5.75 Å². The van der Waals surface area contributed by atoms with Crippen molar-refractivity contribution in [2.45, 2.75) is 33.4 Å². The van der Waals surface area contributed by atoms with E-state index in [1.54, 1.807) is 24.3 Å². The van der Waals surface area contributed by atoms with Crippen molar-refractivity contribution in [3.05, 3.63) is 53.3 Å². The smallest absolute Gasteiger partial charge is 0.387 e. The van der Waals surface area contributed by atoms with Crippen molar-refractivity contribution in [2.75, 3.05) is 5.43 Å². The number of ether oxygens (including phenoxy) is 1. The Balaban J connectivity index is 2.23. The lowest BCUT2D eigenvalue weighted by Crippen LogP contribution is -2.21. The van der Waals surface area contributed by atoms with Gasteiger partial charge in [0.25, 0.3) is 0 Å². The van der Waals surface area contributed by atoms with Crippen LogP contribution >= 0.6 is 0 Å². The molecule has 0 spiro atoms. The van der Waals surface area contributed by atoms with E-state index >= 15 is 0 Å². The zero-order chi connectivity index (χ0) is 14.7. The number of hydrogen-bond acceptors (Lipinski definition) is 2. The van der Waals surface area contributed by atoms with Crippen LogP contribution in [0.5, 0.6) is 5.75 Å². The molecule has 1 N–H and O–H groups in total. The molecule has 20 heavy (non-hydrogen) atoms. The molecule has 1 unspecified atom stereocenters. The lowest BCUT2D eigenvalue weighted by Gasteiger charge is -2.21. The van der Waals surface area contributed by atoms with Crippen LogP contribution in [0, 0.1) is 13.8 Å². The van der Waals surface area contributed by atoms with Crippen LogP contribution in [0.25, 0.3) is 0 Å². The summed E-state index contributed by atoms with van der Waals surface area (Å²) in [7, 11) is 0. The molecular formula is C15H18F2N2O. The van der Waals surface area contributed by atoms with E-state index in [0.29, 0.717) is 5.56 Å². The minimum atomic E-state index is -2.82. The highest BCUT2D eigenvalue weighted by Crippen LogP contribution is 2.27. The van der Waals surface area contributed by atoms with E-state index in [0.717, 1.165) is 11.4 Å². The maximum absolute atomic E-state index is 12.4. The highest BCUT2D eigenvalue weighted by molar-refractivity contribution is 5.37. The molecule has 0 saturated carbocycles. The van der Waals surface area contributed by atoms with E-state index in [2.05, 4.69) is 10.2 Å². The van der Waals surface area contributed by atoms with Crippen LogP contribution in [0.1, 0.15) is 29.9 Å². The van der Waals surface area contributed by atoms with Crippen molar-refractivity contribution < 1.29 is 13.5 Å². The number of para-hydroxylation sites is 1. The summed E-state index contributed by atoms with van der Waals surface area (Å²) in [5.74, 6) is 0.199. The van der Waals surface area contributed by atoms with Crippen molar-refractivity contribution >= 4 is 0 Å². The van der Waals surface area contributed by atoms with Gasteiger partial charge in [0.2, 0.25) is 0 Å². The molecule has 5 heteroatoms. The largest absolute Gasteiger partial charge is 0.434 e. The van der Waals surface area contributed by atoms with E-state index in [9.17, 15) is 8.78 Å². The molecule has 0 radical (unpaired) electrons. The number of halogens is 2. The summed E-state index contributed by atoms with van der Waals surface area (Å²) in [5, 5.41) is 0. The van der Waals surface area contributed by atoms with Gasteiger partial charge in [0.05, 0.1) is 6.04 Å². The molecule has 2 aromatic rings. The van der Waals surface area contributed by atoms with Gasteiger partial charge in [0.15, 0.2) is 0 Å². The zero-order valence-electron chi connectivity index (χ0n) is 11.7. The average Bonchev–Trinajstić information content (AvgIpc) is 2.70. The quantitative estimate of drug-likeness (QED) is 0.895. The van der Waals surface area contributed by atoms with Crippen molar-refractivity contribution in [3.63, 3.8) is 0 Å². The fourth-order valence-electron chi connectivity index (χ4n) is 2.18. The normalized spacial score (nSPS) is 12.5. The molecule has 1 atom stereocenters. The Kier molecular flexibility index (Phi) is 4.27. The van der Waals surface area contributed by atoms with Crippen LogP contribution in [-0.2, 0) is 0 Å². The highest BCUT2D eigenvalue weighted by atomic mass is 19.3. The van der Waals surface area contributed by atoms with Crippen molar-refractivity contribution in [2.24, 2.45) is 0 Å². The molecule has 1 heterocycles. The third-order valence-corrected chi connectivity index (χ3v) is 3.20. The van der Waals surface area contributed by atoms with E-state index in [1.807, 2.05) is 37.6 Å². The first-order valence-electron chi connectivity index (χ1n) is 6.44. The Labute approximate surface area is 117 Å². The Morgan fingerprint density at radius 3 is 2.25 bits per heavy atom. The molecule has 1 aromatic carbocycles. The molecule has 2 rings (SSSR count). The maximum Gasteiger partial charge on any atom is 0.387 e. The Morgan fingerprint density at radius 1 is 1.05 bits per heavy atom. The van der Waals surface area contributed by atoms with Gasteiger partial charge in [-0.3, -0.25) is 4.68 Å². The summed E-state index contributed by atoms with van der Waals surface area (Å²) in [4.78, 5) is 0. The summed E-state index contributed by atoms with van der Waals surface area (Å²) in [6.45, 7) is 3.05. The second-order valence-corrected chi connectivity index (χ2v) is 4.72. The molecule has 108 valence electrons. The predicted molar refractivity (Wildman–Crippen MR) is 74.8 cm³/mol. The van der Waals surface area contributed by atoms with Gasteiger partial charge >= 0.3 is 6.61 Å². The van der Waals surface area contributed by atoms with Crippen molar-refractivity contribution in [1.29, 1.82) is 0 Å². The molecule has 0 bridgehead atoms. The van der Waals surface area contributed by atoms with Crippen LogP contribution in [0.15, 0.2) is 36.4 Å². The van der Waals surface area contributed by atoms with Crippen LogP contribution in [-0.4, -0.2) is 11.3 Å². The third-order valence-electron chi connectivity index (χ3n) is 3.20. The van der Waals surface area contributed by atoms with Gasteiger partial charge in [-0.1, -0.05) is 18.2 Å². The summed E-state index contributed by atoms with van der Waals surface area (Å²) in [5.41, 5.74) is 6.09. The first kappa shape index (κ1) is 14.4. The zero-order valence-corrected chi connectivity index (χ0v) is 11.7. The van der Waals surface area contributed by atoms with Gasteiger partial charge in [-0.25, -0.2) is 0 Å². The summed E-state index contributed by atoms with van der Waals surface area (Å²) < 4.78 is 31.3. The lowest BCUT2D eigenvalue weighted by molar-refractivity contribution is -0.0505. The number of aromatic nitrogens is 1. The first-order valence-corrected chi connectivity index (χ1v) is 6.44. The van der Waals surface area contributed by atoms with Crippen LogP contribution in [0.4, 0.5) is 8.78 Å². The van der Waals surface area contributed by atoms with Crippen molar-refractivity contribution in [1.82, 2.24) is 4.68 Å². The van der Waals surface area contributed by atoms with E-state index in [-0.39, 0.29) is 11.8 Å². The molecule has 0 fully saturated rings. The van der Waals surface area contributed by atoms with Gasteiger partial charge in [0, 0.05) is 17.0 Å². The first-order chi connectivity index (χ1) is 9.49. The van der Waals surface area contributed by atoms with Gasteiger partial charge in [-0.15, -0.1) is 0 Å². The Morgan fingerprint density at radius 2 is 1.65 bits per heavy atom. The van der Waals surface area contributed by atoms with Gasteiger partial charge in [0.1, 0.15) is 5.75 Å². The molecule has 0 amide bonds. The minimum absolute atomic E-state index is 0.158. The average molecular weight is 280 g/mol. The number of aryl methyl sites for hydroxylation is 2. The maximum atomic E-state index is 12.4. The molecule has 3 nitrogen and oxygen atoms in total. The Hall–Kier alpha value is -2.04. The van der Waals surface area contributed by atoms with Gasteiger partial charge in [-0.05, 0) is 39.0 Å². The molecule has 0 aliphatic carbocycles. The number of alkyl halides is 2. The second-order valence-electron chi connectivity index (χ2n) is 4.72. The SMILES string of the molecule is Cc1ccc(C)n1NC(C)c1ccccc1OC(F)F. The van der Waals surface area contributed by atoms with Crippen LogP contribution in [0.3, 0.4) is 0 Å². The van der Waals surface area contributed by atoms with Gasteiger partial charge < -0.3 is 10.2 Å². The summed E-state index contributed by atoms with van der Waals surface area (Å²) >= 11 is 0. The minimum Gasteiger partial charge on any atom is -0.434 e. The summed E-state index contributed by atoms with van der Waals surface area (Å²) in [6.07, 6.45) is 0. The molecule has 0 aliphatic heterocycles. The van der Waals surface area contributed by atoms with Gasteiger partial charge in [-0.2, -0.15) is 8.78 Å². The van der Waals surface area contributed by atoms with Crippen LogP contribution < -0.4 is 10.2 Å². The third kappa shape index (κ3) is 3.10. The molecular weight excluding hydrogens is 262 g/mol. The monoisotopic (exact) mass is 280 g/mol. The fourth-order valence-corrected chi connectivity index (χ4v) is 2.18. The molecule has 0 saturated heterocycles. The number of nitrogens with zero attached hydrogens (tertiary/aromatic N) is 1. The summed E-state index contributed by atoms with van der Waals surface area (Å²) in [6, 6.07) is 10.7.